The second-order valence-corrected chi connectivity index (χ2v) is 9.33. The average molecular weight is 620 g/mol. The van der Waals surface area contributed by atoms with Crippen LogP contribution in [0, 0.1) is 14.1 Å². The van der Waals surface area contributed by atoms with Gasteiger partial charge >= 0.3 is 0 Å². The van der Waals surface area contributed by atoms with E-state index in [9.17, 15) is 19.5 Å². The van der Waals surface area contributed by atoms with Crippen LogP contribution in [0.1, 0.15) is 11.1 Å². The van der Waals surface area contributed by atoms with Crippen LogP contribution in [0.3, 0.4) is 0 Å². The standard InChI is InChI=1S/C19H14I2N2O4S/c1-10-2-4-12(5-3-10)22-16(24)9-23-18(26)15(28-19(23)27)8-11-6-13(20)17(25)14(21)7-11/h2-8,25H,9H2,1H3,(H,22,24). The molecule has 3 rings (SSSR count). The minimum atomic E-state index is -0.507. The van der Waals surface area contributed by atoms with E-state index in [1.807, 2.05) is 64.2 Å². The maximum Gasteiger partial charge on any atom is 0.294 e. The van der Waals surface area contributed by atoms with Gasteiger partial charge in [-0.1, -0.05) is 17.7 Å². The Bertz CT molecular complexity index is 982. The van der Waals surface area contributed by atoms with Gasteiger partial charge in [-0.25, -0.2) is 0 Å². The lowest BCUT2D eigenvalue weighted by molar-refractivity contribution is -0.127. The number of rotatable bonds is 4. The summed E-state index contributed by atoms with van der Waals surface area (Å²) in [6.07, 6.45) is 1.59. The van der Waals surface area contributed by atoms with Crippen LogP contribution in [0.2, 0.25) is 0 Å². The molecule has 1 aliphatic rings. The van der Waals surface area contributed by atoms with E-state index in [0.29, 0.717) is 18.4 Å². The van der Waals surface area contributed by atoms with E-state index in [0.717, 1.165) is 22.2 Å². The second-order valence-electron chi connectivity index (χ2n) is 6.02. The largest absolute Gasteiger partial charge is 0.506 e. The molecule has 0 aromatic heterocycles. The molecule has 0 aliphatic carbocycles. The highest BCUT2D eigenvalue weighted by Crippen LogP contribution is 2.34. The van der Waals surface area contributed by atoms with E-state index >= 15 is 0 Å². The topological polar surface area (TPSA) is 86.7 Å². The van der Waals surface area contributed by atoms with Gasteiger partial charge in [0.15, 0.2) is 0 Å². The number of phenols is 1. The first-order valence-electron chi connectivity index (χ1n) is 8.04. The van der Waals surface area contributed by atoms with Crippen LogP contribution in [-0.2, 0) is 9.59 Å². The zero-order valence-corrected chi connectivity index (χ0v) is 19.7. The Hall–Kier alpha value is -1.60. The summed E-state index contributed by atoms with van der Waals surface area (Å²) in [5.74, 6) is -0.771. The maximum absolute atomic E-state index is 12.6. The number of thioether (sulfide) groups is 1. The number of carbonyl (C=O) groups is 3. The Morgan fingerprint density at radius 2 is 1.79 bits per heavy atom. The van der Waals surface area contributed by atoms with Gasteiger partial charge in [0.2, 0.25) is 5.91 Å². The van der Waals surface area contributed by atoms with E-state index in [4.69, 9.17) is 0 Å². The van der Waals surface area contributed by atoms with Crippen LogP contribution in [0.15, 0.2) is 41.3 Å². The molecule has 0 bridgehead atoms. The summed E-state index contributed by atoms with van der Waals surface area (Å²) < 4.78 is 1.29. The summed E-state index contributed by atoms with van der Waals surface area (Å²) in [5, 5.41) is 12.0. The van der Waals surface area contributed by atoms with Crippen molar-refractivity contribution in [3.63, 3.8) is 0 Å². The summed E-state index contributed by atoms with van der Waals surface area (Å²) in [5.41, 5.74) is 2.36. The first-order chi connectivity index (χ1) is 13.2. The second kappa shape index (κ2) is 8.82. The monoisotopic (exact) mass is 620 g/mol. The van der Waals surface area contributed by atoms with Crippen molar-refractivity contribution in [2.45, 2.75) is 6.92 Å². The average Bonchev–Trinajstić information content (AvgIpc) is 2.89. The summed E-state index contributed by atoms with van der Waals surface area (Å²) in [4.78, 5) is 38.2. The number of amides is 3. The Morgan fingerprint density at radius 3 is 2.39 bits per heavy atom. The number of hydrogen-bond acceptors (Lipinski definition) is 5. The summed E-state index contributed by atoms with van der Waals surface area (Å²) >= 11 is 4.79. The zero-order valence-electron chi connectivity index (χ0n) is 14.5. The van der Waals surface area contributed by atoms with Gasteiger partial charge in [0.25, 0.3) is 11.1 Å². The quantitative estimate of drug-likeness (QED) is 0.386. The molecule has 3 amide bonds. The van der Waals surface area contributed by atoms with Crippen molar-refractivity contribution >= 4 is 85.8 Å². The number of halogens is 2. The molecular formula is C19H14I2N2O4S. The molecular weight excluding hydrogens is 606 g/mol. The molecule has 0 saturated carbocycles. The van der Waals surface area contributed by atoms with Gasteiger partial charge in [0.05, 0.1) is 12.0 Å². The molecule has 9 heteroatoms. The Balaban J connectivity index is 1.72. The van der Waals surface area contributed by atoms with Gasteiger partial charge in [0, 0.05) is 5.69 Å². The van der Waals surface area contributed by atoms with Crippen LogP contribution in [-0.4, -0.2) is 33.6 Å². The number of nitrogens with zero attached hydrogens (tertiary/aromatic N) is 1. The van der Waals surface area contributed by atoms with Crippen LogP contribution < -0.4 is 5.32 Å². The maximum atomic E-state index is 12.6. The number of aryl methyl sites for hydroxylation is 1. The summed E-state index contributed by atoms with van der Waals surface area (Å²) in [7, 11) is 0. The van der Waals surface area contributed by atoms with Gasteiger partial charge in [-0.2, -0.15) is 0 Å². The third-order valence-electron chi connectivity index (χ3n) is 3.85. The van der Waals surface area contributed by atoms with Gasteiger partial charge < -0.3 is 10.4 Å². The number of imide groups is 1. The van der Waals surface area contributed by atoms with Gasteiger partial charge in [0.1, 0.15) is 12.3 Å². The molecule has 1 fully saturated rings. The minimum Gasteiger partial charge on any atom is -0.506 e. The molecule has 0 unspecified atom stereocenters. The van der Waals surface area contributed by atoms with Gasteiger partial charge in [-0.05, 0) is 99.8 Å². The normalized spacial score (nSPS) is 15.4. The van der Waals surface area contributed by atoms with Crippen LogP contribution >= 0.6 is 56.9 Å². The van der Waals surface area contributed by atoms with Crippen LogP contribution in [0.25, 0.3) is 6.08 Å². The van der Waals surface area contributed by atoms with Crippen molar-refractivity contribution in [1.29, 1.82) is 0 Å². The predicted octanol–water partition coefficient (Wildman–Crippen LogP) is 4.58. The van der Waals surface area contributed by atoms with E-state index in [1.54, 1.807) is 30.3 Å². The molecule has 0 spiro atoms. The molecule has 1 saturated heterocycles. The molecule has 0 radical (unpaired) electrons. The fraction of sp³-hybridized carbons (Fsp3) is 0.105. The van der Waals surface area contributed by atoms with Gasteiger partial charge in [-0.15, -0.1) is 0 Å². The molecule has 144 valence electrons. The van der Waals surface area contributed by atoms with Crippen molar-refractivity contribution in [3.05, 3.63) is 59.6 Å². The van der Waals surface area contributed by atoms with Crippen molar-refractivity contribution in [2.75, 3.05) is 11.9 Å². The molecule has 28 heavy (non-hydrogen) atoms. The predicted molar refractivity (Wildman–Crippen MR) is 126 cm³/mol. The SMILES string of the molecule is Cc1ccc(NC(=O)CN2C(=O)SC(=Cc3cc(I)c(O)c(I)c3)C2=O)cc1. The lowest BCUT2D eigenvalue weighted by Gasteiger charge is -2.12. The number of benzene rings is 2. The van der Waals surface area contributed by atoms with E-state index in [-0.39, 0.29) is 17.2 Å². The Labute approximate surface area is 193 Å². The first-order valence-corrected chi connectivity index (χ1v) is 11.0. The fourth-order valence-corrected chi connectivity index (χ4v) is 5.09. The molecule has 2 aromatic carbocycles. The first kappa shape index (κ1) is 21.1. The number of phenolic OH excluding ortho intramolecular Hbond substituents is 1. The van der Waals surface area contributed by atoms with Crippen LogP contribution in [0.5, 0.6) is 5.75 Å². The van der Waals surface area contributed by atoms with Crippen molar-refractivity contribution in [1.82, 2.24) is 4.90 Å². The molecule has 1 heterocycles. The summed E-state index contributed by atoms with van der Waals surface area (Å²) in [6, 6.07) is 10.7. The number of nitrogens with one attached hydrogen (secondary N) is 1. The fourth-order valence-electron chi connectivity index (χ4n) is 2.44. The smallest absolute Gasteiger partial charge is 0.294 e. The van der Waals surface area contributed by atoms with Crippen molar-refractivity contribution < 1.29 is 19.5 Å². The lowest BCUT2D eigenvalue weighted by atomic mass is 10.2. The molecule has 2 aromatic rings. The Kier molecular flexibility index (Phi) is 6.65. The van der Waals surface area contributed by atoms with E-state index < -0.39 is 17.1 Å². The van der Waals surface area contributed by atoms with Crippen molar-refractivity contribution in [3.8, 4) is 5.75 Å². The third kappa shape index (κ3) is 4.87. The minimum absolute atomic E-state index is 0.180. The Morgan fingerprint density at radius 1 is 1.18 bits per heavy atom. The number of hydrogen-bond donors (Lipinski definition) is 2. The molecule has 6 nitrogen and oxygen atoms in total. The molecule has 1 aliphatic heterocycles. The number of aromatic hydroxyl groups is 1. The lowest BCUT2D eigenvalue weighted by Crippen LogP contribution is -2.36. The van der Waals surface area contributed by atoms with E-state index in [1.165, 1.54) is 0 Å². The highest BCUT2D eigenvalue weighted by Gasteiger charge is 2.36. The highest BCUT2D eigenvalue weighted by molar-refractivity contribution is 14.1. The van der Waals surface area contributed by atoms with E-state index in [2.05, 4.69) is 5.32 Å². The molecule has 0 atom stereocenters. The van der Waals surface area contributed by atoms with Crippen molar-refractivity contribution in [2.24, 2.45) is 0 Å². The number of carbonyl (C=O) groups excluding carboxylic acids is 3. The molecule has 2 N–H and O–H groups in total. The highest BCUT2D eigenvalue weighted by atomic mass is 127. The van der Waals surface area contributed by atoms with Crippen LogP contribution in [0.4, 0.5) is 10.5 Å². The van der Waals surface area contributed by atoms with Gasteiger partial charge in [-0.3, -0.25) is 19.3 Å². The zero-order chi connectivity index (χ0) is 20.4. The summed E-state index contributed by atoms with van der Waals surface area (Å²) in [6.45, 7) is 1.59. The number of anilines is 1. The third-order valence-corrected chi connectivity index (χ3v) is 6.40.